The second kappa shape index (κ2) is 9.14. The Kier molecular flexibility index (Phi) is 5.78. The highest BCUT2D eigenvalue weighted by atomic mass is 16.5. The number of imidazole rings is 1. The Morgan fingerprint density at radius 3 is 2.78 bits per heavy atom. The van der Waals surface area contributed by atoms with Crippen molar-refractivity contribution in [3.05, 3.63) is 59.7 Å². The fraction of sp³-hybridized carbons (Fsp3) is 0.357. The van der Waals surface area contributed by atoms with Crippen LogP contribution in [0, 0.1) is 11.3 Å². The summed E-state index contributed by atoms with van der Waals surface area (Å²) >= 11 is 0. The highest BCUT2D eigenvalue weighted by molar-refractivity contribution is 5.93. The first kappa shape index (κ1) is 23.4. The molecule has 9 nitrogen and oxygen atoms in total. The smallest absolute Gasteiger partial charge is 0.164 e. The van der Waals surface area contributed by atoms with Crippen LogP contribution in [0.2, 0.25) is 0 Å². The Bertz CT molecular complexity index is 1530. The van der Waals surface area contributed by atoms with Gasteiger partial charge in [0.1, 0.15) is 23.3 Å². The van der Waals surface area contributed by atoms with Crippen molar-refractivity contribution in [2.24, 2.45) is 7.05 Å². The second-order valence-corrected chi connectivity index (χ2v) is 9.62. The van der Waals surface area contributed by atoms with Crippen molar-refractivity contribution in [3.8, 4) is 23.1 Å². The minimum absolute atomic E-state index is 0.00520. The van der Waals surface area contributed by atoms with E-state index in [1.165, 1.54) is 5.56 Å². The highest BCUT2D eigenvalue weighted by Crippen LogP contribution is 2.45. The van der Waals surface area contributed by atoms with Gasteiger partial charge in [0.2, 0.25) is 0 Å². The van der Waals surface area contributed by atoms with E-state index in [-0.39, 0.29) is 11.2 Å². The molecular weight excluding hydrogens is 466 g/mol. The van der Waals surface area contributed by atoms with Crippen LogP contribution in [0.5, 0.6) is 5.75 Å². The number of hydrogen-bond donors (Lipinski definition) is 1. The summed E-state index contributed by atoms with van der Waals surface area (Å²) in [4.78, 5) is 16.6. The first-order valence-electron chi connectivity index (χ1n) is 12.6. The summed E-state index contributed by atoms with van der Waals surface area (Å²) in [5, 5.41) is 13.3. The number of nitrogens with zero attached hydrogens (tertiary/aromatic N) is 6. The Labute approximate surface area is 215 Å². The van der Waals surface area contributed by atoms with E-state index in [0.29, 0.717) is 29.6 Å². The van der Waals surface area contributed by atoms with E-state index in [4.69, 9.17) is 19.4 Å². The molecule has 1 aromatic carbocycles. The van der Waals surface area contributed by atoms with Crippen LogP contribution in [0.15, 0.2) is 42.7 Å². The van der Waals surface area contributed by atoms with Gasteiger partial charge in [-0.3, -0.25) is 4.90 Å². The predicted octanol–water partition coefficient (Wildman–Crippen LogP) is 4.50. The van der Waals surface area contributed by atoms with Crippen LogP contribution in [0.4, 0.5) is 11.5 Å². The maximum atomic E-state index is 10.0. The number of nitrogens with one attached hydrogen (secondary N) is 1. The van der Waals surface area contributed by atoms with Crippen LogP contribution in [-0.4, -0.2) is 51.3 Å². The number of benzene rings is 1. The molecule has 9 heteroatoms. The molecule has 2 aliphatic rings. The number of aromatic nitrogens is 4. The SMILES string of the molecule is CCOc1cc(Nc2ccc3c(n2)CN(C)C32CCOCC2)c(C#N)nc1-c1cccc2c1ncn2C. The first-order valence-corrected chi connectivity index (χ1v) is 12.6. The van der Waals surface area contributed by atoms with Gasteiger partial charge in [-0.25, -0.2) is 15.0 Å². The number of rotatable bonds is 5. The molecule has 188 valence electrons. The van der Waals surface area contributed by atoms with Crippen LogP contribution in [0.1, 0.15) is 36.7 Å². The Morgan fingerprint density at radius 1 is 1.16 bits per heavy atom. The molecule has 1 N–H and O–H groups in total. The molecule has 0 atom stereocenters. The topological polar surface area (TPSA) is 101 Å². The van der Waals surface area contributed by atoms with Crippen molar-refractivity contribution in [2.75, 3.05) is 32.2 Å². The average Bonchev–Trinajstić information content (AvgIpc) is 3.42. The van der Waals surface area contributed by atoms with E-state index in [1.54, 1.807) is 6.33 Å². The van der Waals surface area contributed by atoms with Crippen molar-refractivity contribution in [2.45, 2.75) is 31.8 Å². The number of ether oxygens (including phenoxy) is 2. The molecule has 4 aromatic rings. The van der Waals surface area contributed by atoms with E-state index >= 15 is 0 Å². The van der Waals surface area contributed by atoms with E-state index in [1.807, 2.05) is 48.9 Å². The molecule has 0 amide bonds. The van der Waals surface area contributed by atoms with Gasteiger partial charge in [0, 0.05) is 38.4 Å². The summed E-state index contributed by atoms with van der Waals surface area (Å²) in [5.74, 6) is 1.26. The zero-order valence-electron chi connectivity index (χ0n) is 21.3. The number of anilines is 2. The summed E-state index contributed by atoms with van der Waals surface area (Å²) in [6.45, 7) is 4.71. The third-order valence-corrected chi connectivity index (χ3v) is 7.58. The number of hydrogen-bond acceptors (Lipinski definition) is 8. The fourth-order valence-corrected chi connectivity index (χ4v) is 5.68. The number of fused-ring (bicyclic) bond motifs is 3. The van der Waals surface area contributed by atoms with Gasteiger partial charge in [0.25, 0.3) is 0 Å². The Hall–Kier alpha value is -4.00. The predicted molar refractivity (Wildman–Crippen MR) is 141 cm³/mol. The van der Waals surface area contributed by atoms with Crippen molar-refractivity contribution in [1.82, 2.24) is 24.4 Å². The van der Waals surface area contributed by atoms with Crippen LogP contribution in [-0.2, 0) is 23.9 Å². The third-order valence-electron chi connectivity index (χ3n) is 7.58. The Morgan fingerprint density at radius 2 is 2.00 bits per heavy atom. The molecule has 2 aliphatic heterocycles. The summed E-state index contributed by atoms with van der Waals surface area (Å²) < 4.78 is 13.6. The lowest BCUT2D eigenvalue weighted by Crippen LogP contribution is -2.43. The quantitative estimate of drug-likeness (QED) is 0.432. The second-order valence-electron chi connectivity index (χ2n) is 9.62. The largest absolute Gasteiger partial charge is 0.492 e. The lowest BCUT2D eigenvalue weighted by Gasteiger charge is -2.40. The number of para-hydroxylation sites is 1. The molecule has 37 heavy (non-hydrogen) atoms. The van der Waals surface area contributed by atoms with Gasteiger partial charge in [-0.05, 0) is 44.5 Å². The van der Waals surface area contributed by atoms with Crippen molar-refractivity contribution < 1.29 is 9.47 Å². The molecular formula is C28H29N7O2. The highest BCUT2D eigenvalue weighted by Gasteiger charge is 2.44. The first-order chi connectivity index (χ1) is 18.0. The fourth-order valence-electron chi connectivity index (χ4n) is 5.68. The van der Waals surface area contributed by atoms with Gasteiger partial charge in [0.05, 0.1) is 40.9 Å². The monoisotopic (exact) mass is 495 g/mol. The van der Waals surface area contributed by atoms with E-state index in [0.717, 1.165) is 54.9 Å². The molecule has 1 spiro atoms. The van der Waals surface area contributed by atoms with E-state index in [2.05, 4.69) is 34.4 Å². The standard InChI is InChI=1S/C28H29N7O2/c1-4-37-24-14-20(21(15-29)33-27(24)18-6-5-7-23-26(18)30-17-34(23)2)31-25-9-8-19-22(32-25)16-35(3)28(19)10-12-36-13-11-28/h5-9,14,17H,4,10-13,16H2,1-3H3,(H,31,32). The van der Waals surface area contributed by atoms with E-state index in [9.17, 15) is 5.26 Å². The third kappa shape index (κ3) is 3.80. The molecule has 6 rings (SSSR count). The normalized spacial score (nSPS) is 16.6. The molecule has 1 saturated heterocycles. The molecule has 1 fully saturated rings. The maximum Gasteiger partial charge on any atom is 0.164 e. The van der Waals surface area contributed by atoms with Gasteiger partial charge >= 0.3 is 0 Å². The van der Waals surface area contributed by atoms with Gasteiger partial charge in [0.15, 0.2) is 5.69 Å². The average molecular weight is 496 g/mol. The molecule has 0 bridgehead atoms. The number of nitriles is 1. The minimum atomic E-state index is -0.00520. The molecule has 5 heterocycles. The van der Waals surface area contributed by atoms with Gasteiger partial charge in [-0.2, -0.15) is 5.26 Å². The summed E-state index contributed by atoms with van der Waals surface area (Å²) in [5.41, 5.74) is 6.37. The zero-order chi connectivity index (χ0) is 25.6. The summed E-state index contributed by atoms with van der Waals surface area (Å²) in [6, 6.07) is 14.2. The zero-order valence-corrected chi connectivity index (χ0v) is 21.3. The van der Waals surface area contributed by atoms with Crippen LogP contribution >= 0.6 is 0 Å². The maximum absolute atomic E-state index is 10.0. The molecule has 3 aromatic heterocycles. The van der Waals surface area contributed by atoms with Crippen molar-refractivity contribution >= 4 is 22.5 Å². The summed E-state index contributed by atoms with van der Waals surface area (Å²) in [7, 11) is 4.11. The lowest BCUT2D eigenvalue weighted by atomic mass is 9.84. The van der Waals surface area contributed by atoms with Crippen LogP contribution < -0.4 is 10.1 Å². The lowest BCUT2D eigenvalue weighted by molar-refractivity contribution is -0.0132. The van der Waals surface area contributed by atoms with E-state index < -0.39 is 0 Å². The molecule has 0 unspecified atom stereocenters. The Balaban J connectivity index is 1.39. The number of aryl methyl sites for hydroxylation is 1. The van der Waals surface area contributed by atoms with Crippen LogP contribution in [0.25, 0.3) is 22.3 Å². The van der Waals surface area contributed by atoms with Gasteiger partial charge in [-0.15, -0.1) is 0 Å². The molecule has 0 radical (unpaired) electrons. The van der Waals surface area contributed by atoms with Crippen molar-refractivity contribution in [1.29, 1.82) is 5.26 Å². The van der Waals surface area contributed by atoms with Gasteiger partial charge < -0.3 is 19.4 Å². The summed E-state index contributed by atoms with van der Waals surface area (Å²) in [6.07, 6.45) is 3.71. The van der Waals surface area contributed by atoms with Gasteiger partial charge in [-0.1, -0.05) is 18.2 Å². The van der Waals surface area contributed by atoms with Crippen LogP contribution in [0.3, 0.4) is 0 Å². The molecule has 0 saturated carbocycles. The van der Waals surface area contributed by atoms with Crippen molar-refractivity contribution in [3.63, 3.8) is 0 Å². The minimum Gasteiger partial charge on any atom is -0.492 e. The number of pyridine rings is 2. The molecule has 0 aliphatic carbocycles.